The second-order valence-electron chi connectivity index (χ2n) is 4.21. The zero-order valence-electron chi connectivity index (χ0n) is 9.26. The average molecular weight is 231 g/mol. The molecule has 2 unspecified atom stereocenters. The van der Waals surface area contributed by atoms with Gasteiger partial charge in [0.2, 0.25) is 0 Å². The third-order valence-electron chi connectivity index (χ3n) is 3.06. The SMILES string of the molecule is N#CC(O)C(O)c1ccc2c(c1)C(=O)CCC2. The van der Waals surface area contributed by atoms with Gasteiger partial charge >= 0.3 is 0 Å². The molecule has 17 heavy (non-hydrogen) atoms. The van der Waals surface area contributed by atoms with Crippen molar-refractivity contribution in [1.29, 1.82) is 5.26 Å². The van der Waals surface area contributed by atoms with Gasteiger partial charge in [0.1, 0.15) is 6.10 Å². The van der Waals surface area contributed by atoms with Crippen LogP contribution in [-0.2, 0) is 6.42 Å². The summed E-state index contributed by atoms with van der Waals surface area (Å²) < 4.78 is 0. The van der Waals surface area contributed by atoms with Gasteiger partial charge in [0.15, 0.2) is 11.9 Å². The lowest BCUT2D eigenvalue weighted by Crippen LogP contribution is -2.18. The van der Waals surface area contributed by atoms with E-state index in [-0.39, 0.29) is 5.78 Å². The molecule has 0 amide bonds. The molecule has 0 radical (unpaired) electrons. The number of Topliss-reactive ketones (excluding diaryl/α,β-unsaturated/α-hetero) is 1. The van der Waals surface area contributed by atoms with Crippen LogP contribution in [0.2, 0.25) is 0 Å². The van der Waals surface area contributed by atoms with Crippen LogP contribution in [0.1, 0.15) is 40.4 Å². The largest absolute Gasteiger partial charge is 0.385 e. The smallest absolute Gasteiger partial charge is 0.170 e. The number of nitriles is 1. The molecule has 4 nitrogen and oxygen atoms in total. The molecule has 0 aromatic heterocycles. The van der Waals surface area contributed by atoms with Gasteiger partial charge in [-0.15, -0.1) is 0 Å². The van der Waals surface area contributed by atoms with E-state index in [1.54, 1.807) is 24.3 Å². The van der Waals surface area contributed by atoms with Gasteiger partial charge in [-0.2, -0.15) is 5.26 Å². The maximum absolute atomic E-state index is 11.7. The minimum absolute atomic E-state index is 0.0618. The topological polar surface area (TPSA) is 81.3 Å². The van der Waals surface area contributed by atoms with E-state index >= 15 is 0 Å². The Morgan fingerprint density at radius 1 is 1.29 bits per heavy atom. The lowest BCUT2D eigenvalue weighted by molar-refractivity contribution is 0.0527. The molecule has 0 saturated carbocycles. The molecule has 0 spiro atoms. The second kappa shape index (κ2) is 4.66. The van der Waals surface area contributed by atoms with Crippen LogP contribution in [-0.4, -0.2) is 22.1 Å². The molecule has 2 N–H and O–H groups in total. The summed E-state index contributed by atoms with van der Waals surface area (Å²) in [6.07, 6.45) is -0.494. The summed E-state index contributed by atoms with van der Waals surface area (Å²) >= 11 is 0. The normalized spacial score (nSPS) is 18.1. The van der Waals surface area contributed by atoms with Crippen molar-refractivity contribution in [2.45, 2.75) is 31.5 Å². The highest BCUT2D eigenvalue weighted by Gasteiger charge is 2.22. The van der Waals surface area contributed by atoms with Gasteiger partial charge in [-0.1, -0.05) is 12.1 Å². The molecule has 0 heterocycles. The van der Waals surface area contributed by atoms with E-state index in [2.05, 4.69) is 0 Å². The monoisotopic (exact) mass is 231 g/mol. The lowest BCUT2D eigenvalue weighted by Gasteiger charge is -2.18. The van der Waals surface area contributed by atoms with E-state index in [9.17, 15) is 15.0 Å². The standard InChI is InChI=1S/C13H13NO3/c14-7-12(16)13(17)9-5-4-8-2-1-3-11(15)10(8)6-9/h4-6,12-13,16-17H,1-3H2. The van der Waals surface area contributed by atoms with E-state index in [1.807, 2.05) is 0 Å². The van der Waals surface area contributed by atoms with Gasteiger partial charge in [-0.25, -0.2) is 0 Å². The Labute approximate surface area is 99.1 Å². The Morgan fingerprint density at radius 3 is 2.76 bits per heavy atom. The quantitative estimate of drug-likeness (QED) is 0.747. The Hall–Kier alpha value is -1.70. The number of rotatable bonds is 2. The average Bonchev–Trinajstić information content (AvgIpc) is 2.37. The number of hydrogen-bond donors (Lipinski definition) is 2. The fourth-order valence-electron chi connectivity index (χ4n) is 2.08. The third-order valence-corrected chi connectivity index (χ3v) is 3.06. The van der Waals surface area contributed by atoms with E-state index in [0.29, 0.717) is 17.5 Å². The lowest BCUT2D eigenvalue weighted by atomic mass is 9.88. The van der Waals surface area contributed by atoms with Crippen molar-refractivity contribution in [1.82, 2.24) is 0 Å². The number of benzene rings is 1. The van der Waals surface area contributed by atoms with Gasteiger partial charge in [-0.3, -0.25) is 4.79 Å². The van der Waals surface area contributed by atoms with Crippen LogP contribution in [0, 0.1) is 11.3 Å². The molecule has 0 aliphatic heterocycles. The van der Waals surface area contributed by atoms with E-state index in [1.165, 1.54) is 0 Å². The summed E-state index contributed by atoms with van der Waals surface area (Å²) in [4.78, 5) is 11.7. The summed E-state index contributed by atoms with van der Waals surface area (Å²) in [6.45, 7) is 0. The summed E-state index contributed by atoms with van der Waals surface area (Å²) in [6, 6.07) is 6.60. The number of nitrogens with zero attached hydrogens (tertiary/aromatic N) is 1. The highest BCUT2D eigenvalue weighted by atomic mass is 16.3. The first kappa shape index (κ1) is 11.8. The first-order valence-corrected chi connectivity index (χ1v) is 5.55. The molecule has 0 fully saturated rings. The number of aryl methyl sites for hydroxylation is 1. The maximum Gasteiger partial charge on any atom is 0.170 e. The van der Waals surface area contributed by atoms with Crippen LogP contribution in [0.4, 0.5) is 0 Å². The molecule has 0 saturated heterocycles. The fraction of sp³-hybridized carbons (Fsp3) is 0.385. The molecule has 1 aliphatic carbocycles. The minimum Gasteiger partial charge on any atom is -0.385 e. The van der Waals surface area contributed by atoms with Crippen LogP contribution in [0.3, 0.4) is 0 Å². The van der Waals surface area contributed by atoms with Crippen molar-refractivity contribution >= 4 is 5.78 Å². The Kier molecular flexibility index (Phi) is 3.23. The molecule has 2 rings (SSSR count). The Morgan fingerprint density at radius 2 is 2.06 bits per heavy atom. The number of fused-ring (bicyclic) bond motifs is 1. The molecule has 88 valence electrons. The van der Waals surface area contributed by atoms with Crippen LogP contribution >= 0.6 is 0 Å². The van der Waals surface area contributed by atoms with Gasteiger partial charge in [-0.05, 0) is 30.0 Å². The zero-order valence-corrected chi connectivity index (χ0v) is 9.26. The van der Waals surface area contributed by atoms with Crippen molar-refractivity contribution in [2.24, 2.45) is 0 Å². The molecular formula is C13H13NO3. The molecular weight excluding hydrogens is 218 g/mol. The van der Waals surface area contributed by atoms with Crippen LogP contribution in [0.5, 0.6) is 0 Å². The second-order valence-corrected chi connectivity index (χ2v) is 4.21. The number of hydrogen-bond acceptors (Lipinski definition) is 4. The van der Waals surface area contributed by atoms with Gasteiger partial charge in [0.25, 0.3) is 0 Å². The molecule has 2 atom stereocenters. The van der Waals surface area contributed by atoms with Crippen molar-refractivity contribution in [3.8, 4) is 6.07 Å². The molecule has 4 heteroatoms. The van der Waals surface area contributed by atoms with E-state index < -0.39 is 12.2 Å². The van der Waals surface area contributed by atoms with E-state index in [4.69, 9.17) is 5.26 Å². The highest BCUT2D eigenvalue weighted by molar-refractivity contribution is 5.98. The van der Waals surface area contributed by atoms with Gasteiger partial charge in [0.05, 0.1) is 6.07 Å². The third kappa shape index (κ3) is 2.21. The molecule has 1 aliphatic rings. The first-order chi connectivity index (χ1) is 8.13. The summed E-state index contributed by atoms with van der Waals surface area (Å²) in [5.41, 5.74) is 2.00. The summed E-state index contributed by atoms with van der Waals surface area (Å²) in [7, 11) is 0. The molecule has 1 aromatic rings. The predicted octanol–water partition coefficient (Wildman–Crippen LogP) is 1.12. The Bertz CT molecular complexity index is 490. The first-order valence-electron chi connectivity index (χ1n) is 5.55. The van der Waals surface area contributed by atoms with Crippen LogP contribution in [0.15, 0.2) is 18.2 Å². The van der Waals surface area contributed by atoms with Crippen molar-refractivity contribution < 1.29 is 15.0 Å². The molecule has 0 bridgehead atoms. The highest BCUT2D eigenvalue weighted by Crippen LogP contribution is 2.25. The Balaban J connectivity index is 2.36. The number of aliphatic hydroxyl groups is 2. The zero-order chi connectivity index (χ0) is 12.4. The van der Waals surface area contributed by atoms with Crippen molar-refractivity contribution in [2.75, 3.05) is 0 Å². The summed E-state index contributed by atoms with van der Waals surface area (Å²) in [5.74, 6) is 0.0618. The minimum atomic E-state index is -1.47. The number of ketones is 1. The van der Waals surface area contributed by atoms with Crippen molar-refractivity contribution in [3.63, 3.8) is 0 Å². The fourth-order valence-corrected chi connectivity index (χ4v) is 2.08. The van der Waals surface area contributed by atoms with Crippen LogP contribution < -0.4 is 0 Å². The molecule has 1 aromatic carbocycles. The number of carbonyl (C=O) groups excluding carboxylic acids is 1. The number of aliphatic hydroxyl groups excluding tert-OH is 2. The van der Waals surface area contributed by atoms with Gasteiger partial charge < -0.3 is 10.2 Å². The van der Waals surface area contributed by atoms with Gasteiger partial charge in [0, 0.05) is 12.0 Å². The maximum atomic E-state index is 11.7. The number of carbonyl (C=O) groups is 1. The summed E-state index contributed by atoms with van der Waals surface area (Å²) in [5, 5.41) is 27.5. The van der Waals surface area contributed by atoms with Crippen LogP contribution in [0.25, 0.3) is 0 Å². The van der Waals surface area contributed by atoms with Crippen molar-refractivity contribution in [3.05, 3.63) is 34.9 Å². The predicted molar refractivity (Wildman–Crippen MR) is 60.3 cm³/mol. The van der Waals surface area contributed by atoms with E-state index in [0.717, 1.165) is 18.4 Å².